The summed E-state index contributed by atoms with van der Waals surface area (Å²) in [6.45, 7) is 3.41. The Bertz CT molecular complexity index is 470. The van der Waals surface area contributed by atoms with E-state index in [0.29, 0.717) is 6.42 Å². The molecule has 0 spiro atoms. The van der Waals surface area contributed by atoms with Crippen LogP contribution < -0.4 is 4.90 Å². The number of hydrogen-bond donors (Lipinski definition) is 1. The summed E-state index contributed by atoms with van der Waals surface area (Å²) >= 11 is 0. The summed E-state index contributed by atoms with van der Waals surface area (Å²) in [4.78, 5) is 13.2. The summed E-state index contributed by atoms with van der Waals surface area (Å²) in [5.41, 5.74) is 0.946. The van der Waals surface area contributed by atoms with Crippen LogP contribution in [0.3, 0.4) is 0 Å². The Morgan fingerprint density at radius 1 is 1.53 bits per heavy atom. The number of rotatable bonds is 2. The second-order valence-electron chi connectivity index (χ2n) is 5.13. The number of carbonyl (C=O) groups is 1. The molecule has 1 aliphatic heterocycles. The zero-order valence-electron chi connectivity index (χ0n) is 10.2. The highest BCUT2D eigenvalue weighted by molar-refractivity contribution is 5.77. The van der Waals surface area contributed by atoms with E-state index in [1.165, 1.54) is 12.1 Å². The minimum atomic E-state index is -0.857. The van der Waals surface area contributed by atoms with Gasteiger partial charge in [-0.1, -0.05) is 0 Å². The molecule has 3 nitrogen and oxygen atoms in total. The largest absolute Gasteiger partial charge is 0.481 e. The molecule has 0 aromatic heterocycles. The van der Waals surface area contributed by atoms with Crippen LogP contribution in [0.1, 0.15) is 19.4 Å². The van der Waals surface area contributed by atoms with Crippen molar-refractivity contribution in [1.82, 2.24) is 0 Å². The lowest BCUT2D eigenvalue weighted by atomic mass is 9.82. The first kappa shape index (κ1) is 11.9. The molecule has 0 aliphatic carbocycles. The predicted molar refractivity (Wildman–Crippen MR) is 63.7 cm³/mol. The third-order valence-corrected chi connectivity index (χ3v) is 3.69. The number of carboxylic acids is 1. The van der Waals surface area contributed by atoms with Gasteiger partial charge in [-0.05, 0) is 44.0 Å². The molecule has 0 fully saturated rings. The molecular weight excluding hydrogens is 221 g/mol. The highest BCUT2D eigenvalue weighted by Crippen LogP contribution is 2.39. The number of benzene rings is 1. The van der Waals surface area contributed by atoms with Gasteiger partial charge in [-0.2, -0.15) is 0 Å². The summed E-state index contributed by atoms with van der Waals surface area (Å²) in [5.74, 6) is -1.10. The second-order valence-corrected chi connectivity index (χ2v) is 5.13. The number of hydrogen-bond acceptors (Lipinski definition) is 2. The number of aliphatic carboxylic acids is 1. The van der Waals surface area contributed by atoms with Gasteiger partial charge in [0.1, 0.15) is 5.82 Å². The van der Waals surface area contributed by atoms with Gasteiger partial charge >= 0.3 is 5.97 Å². The first-order valence-corrected chi connectivity index (χ1v) is 5.58. The van der Waals surface area contributed by atoms with Crippen LogP contribution in [0.4, 0.5) is 10.1 Å². The van der Waals surface area contributed by atoms with Gasteiger partial charge in [0.25, 0.3) is 0 Å². The standard InChI is InChI=1S/C13H16FNO2/c1-13(2,12(16)17)11-7-8-6-9(14)4-5-10(8)15(11)3/h4-6,11H,7H2,1-3H3,(H,16,17). The van der Waals surface area contributed by atoms with Crippen molar-refractivity contribution >= 4 is 11.7 Å². The topological polar surface area (TPSA) is 40.5 Å². The van der Waals surface area contributed by atoms with Crippen LogP contribution in [-0.4, -0.2) is 24.2 Å². The van der Waals surface area contributed by atoms with Crippen molar-refractivity contribution < 1.29 is 14.3 Å². The molecule has 0 saturated carbocycles. The molecule has 0 bridgehead atoms. The monoisotopic (exact) mass is 237 g/mol. The molecule has 4 heteroatoms. The van der Waals surface area contributed by atoms with Gasteiger partial charge in [0.2, 0.25) is 0 Å². The molecule has 92 valence electrons. The smallest absolute Gasteiger partial charge is 0.311 e. The van der Waals surface area contributed by atoms with E-state index in [1.54, 1.807) is 19.9 Å². The van der Waals surface area contributed by atoms with Crippen LogP contribution in [0.5, 0.6) is 0 Å². The third kappa shape index (κ3) is 1.77. The number of likely N-dealkylation sites (N-methyl/N-ethyl adjacent to an activating group) is 1. The predicted octanol–water partition coefficient (Wildman–Crippen LogP) is 2.30. The van der Waals surface area contributed by atoms with Gasteiger partial charge < -0.3 is 10.0 Å². The minimum absolute atomic E-state index is 0.142. The van der Waals surface area contributed by atoms with E-state index in [0.717, 1.165) is 11.3 Å². The van der Waals surface area contributed by atoms with Crippen molar-refractivity contribution in [2.75, 3.05) is 11.9 Å². The molecule has 0 radical (unpaired) electrons. The fourth-order valence-corrected chi connectivity index (χ4v) is 2.46. The van der Waals surface area contributed by atoms with Crippen molar-refractivity contribution in [1.29, 1.82) is 0 Å². The molecule has 1 atom stereocenters. The zero-order valence-corrected chi connectivity index (χ0v) is 10.2. The quantitative estimate of drug-likeness (QED) is 0.858. The van der Waals surface area contributed by atoms with Gasteiger partial charge in [-0.25, -0.2) is 4.39 Å². The number of fused-ring (bicyclic) bond motifs is 1. The summed E-state index contributed by atoms with van der Waals surface area (Å²) in [6.07, 6.45) is 0.572. The first-order valence-electron chi connectivity index (χ1n) is 5.58. The van der Waals surface area contributed by atoms with E-state index >= 15 is 0 Å². The summed E-state index contributed by atoms with van der Waals surface area (Å²) < 4.78 is 13.1. The average molecular weight is 237 g/mol. The van der Waals surface area contributed by atoms with Crippen molar-refractivity contribution in [3.05, 3.63) is 29.6 Å². The molecule has 0 saturated heterocycles. The zero-order chi connectivity index (χ0) is 12.8. The lowest BCUT2D eigenvalue weighted by molar-refractivity contribution is -0.148. The van der Waals surface area contributed by atoms with Crippen LogP contribution in [0.15, 0.2) is 18.2 Å². The van der Waals surface area contributed by atoms with E-state index in [1.807, 2.05) is 11.9 Å². The maximum atomic E-state index is 13.1. The average Bonchev–Trinajstić information content (AvgIpc) is 2.55. The number of carboxylic acid groups (broad SMARTS) is 1. The Hall–Kier alpha value is -1.58. The van der Waals surface area contributed by atoms with E-state index in [2.05, 4.69) is 0 Å². The van der Waals surface area contributed by atoms with Crippen LogP contribution in [0.25, 0.3) is 0 Å². The molecule has 1 aromatic carbocycles. The molecule has 1 unspecified atom stereocenters. The number of anilines is 1. The van der Waals surface area contributed by atoms with Crippen LogP contribution in [-0.2, 0) is 11.2 Å². The maximum absolute atomic E-state index is 13.1. The number of halogens is 1. The van der Waals surface area contributed by atoms with E-state index in [9.17, 15) is 14.3 Å². The van der Waals surface area contributed by atoms with Gasteiger partial charge in [-0.3, -0.25) is 4.79 Å². The highest BCUT2D eigenvalue weighted by Gasteiger charge is 2.43. The van der Waals surface area contributed by atoms with E-state index in [4.69, 9.17) is 0 Å². The fourth-order valence-electron chi connectivity index (χ4n) is 2.46. The fraction of sp³-hybridized carbons (Fsp3) is 0.462. The van der Waals surface area contributed by atoms with Crippen molar-refractivity contribution in [2.24, 2.45) is 5.41 Å². The normalized spacial score (nSPS) is 19.3. The highest BCUT2D eigenvalue weighted by atomic mass is 19.1. The van der Waals surface area contributed by atoms with Crippen LogP contribution in [0, 0.1) is 11.2 Å². The molecule has 1 aromatic rings. The Kier molecular flexibility index (Phi) is 2.60. The molecule has 1 aliphatic rings. The number of nitrogens with zero attached hydrogens (tertiary/aromatic N) is 1. The summed E-state index contributed by atoms with van der Waals surface area (Å²) in [6, 6.07) is 4.47. The van der Waals surface area contributed by atoms with Gasteiger partial charge in [0.15, 0.2) is 0 Å². The minimum Gasteiger partial charge on any atom is -0.481 e. The van der Waals surface area contributed by atoms with E-state index in [-0.39, 0.29) is 11.9 Å². The molecular formula is C13H16FNO2. The summed E-state index contributed by atoms with van der Waals surface area (Å²) in [7, 11) is 1.86. The van der Waals surface area contributed by atoms with Crippen molar-refractivity contribution in [3.63, 3.8) is 0 Å². The summed E-state index contributed by atoms with van der Waals surface area (Å²) in [5, 5.41) is 9.25. The third-order valence-electron chi connectivity index (χ3n) is 3.69. The molecule has 1 heterocycles. The second kappa shape index (κ2) is 3.72. The lowest BCUT2D eigenvalue weighted by Gasteiger charge is -2.33. The van der Waals surface area contributed by atoms with Gasteiger partial charge in [0.05, 0.1) is 5.41 Å². The molecule has 17 heavy (non-hydrogen) atoms. The van der Waals surface area contributed by atoms with Gasteiger partial charge in [-0.15, -0.1) is 0 Å². The Balaban J connectivity index is 2.37. The van der Waals surface area contributed by atoms with Crippen molar-refractivity contribution in [2.45, 2.75) is 26.3 Å². The Morgan fingerprint density at radius 3 is 2.76 bits per heavy atom. The molecule has 1 N–H and O–H groups in total. The first-order chi connectivity index (χ1) is 7.84. The molecule has 2 rings (SSSR count). The van der Waals surface area contributed by atoms with Gasteiger partial charge in [0, 0.05) is 18.8 Å². The molecule has 0 amide bonds. The van der Waals surface area contributed by atoms with Crippen molar-refractivity contribution in [3.8, 4) is 0 Å². The SMILES string of the molecule is CN1c2ccc(F)cc2CC1C(C)(C)C(=O)O. The van der Waals surface area contributed by atoms with Crippen LogP contribution >= 0.6 is 0 Å². The van der Waals surface area contributed by atoms with E-state index < -0.39 is 11.4 Å². The maximum Gasteiger partial charge on any atom is 0.311 e. The Morgan fingerprint density at radius 2 is 2.18 bits per heavy atom. The Labute approximate surface area is 99.9 Å². The lowest BCUT2D eigenvalue weighted by Crippen LogP contribution is -2.46. The van der Waals surface area contributed by atoms with Crippen LogP contribution in [0.2, 0.25) is 0 Å².